The Morgan fingerprint density at radius 3 is 3.26 bits per heavy atom. The first-order valence-electron chi connectivity index (χ1n) is 5.99. The molecule has 3 heterocycles. The number of hydrogen-bond donors (Lipinski definition) is 1. The highest BCUT2D eigenvalue weighted by Crippen LogP contribution is 2.21. The minimum Gasteiger partial charge on any atom is -0.498 e. The maximum absolute atomic E-state index is 6.02. The van der Waals surface area contributed by atoms with Crippen LogP contribution in [0.1, 0.15) is 12.8 Å². The number of nitrogens with one attached hydrogen (secondary N) is 1. The van der Waals surface area contributed by atoms with Crippen molar-refractivity contribution in [1.82, 2.24) is 14.6 Å². The minimum atomic E-state index is 0.440. The van der Waals surface area contributed by atoms with Crippen molar-refractivity contribution in [2.24, 2.45) is 0 Å². The number of imidazole rings is 1. The van der Waals surface area contributed by atoms with Gasteiger partial charge in [-0.1, -0.05) is 11.6 Å². The van der Waals surface area contributed by atoms with E-state index in [9.17, 15) is 0 Å². The number of rotatable bonds is 3. The van der Waals surface area contributed by atoms with Crippen LogP contribution in [0.25, 0.3) is 5.65 Å². The Kier molecular flexibility index (Phi) is 3.79. The van der Waals surface area contributed by atoms with Crippen LogP contribution in [0.5, 0.6) is 0 Å². The van der Waals surface area contributed by atoms with Gasteiger partial charge in [-0.15, -0.1) is 0 Å². The molecular formula is C12H12ClIN4O. The van der Waals surface area contributed by atoms with Crippen molar-refractivity contribution < 1.29 is 4.74 Å². The number of aromatic nitrogens is 3. The minimum absolute atomic E-state index is 0.440. The topological polar surface area (TPSA) is 51.5 Å². The quantitative estimate of drug-likeness (QED) is 0.818. The molecule has 7 heteroatoms. The van der Waals surface area contributed by atoms with Crippen molar-refractivity contribution in [1.29, 1.82) is 0 Å². The lowest BCUT2D eigenvalue weighted by Gasteiger charge is -2.06. The van der Waals surface area contributed by atoms with Gasteiger partial charge in [-0.05, 0) is 35.1 Å². The van der Waals surface area contributed by atoms with Gasteiger partial charge in [-0.3, -0.25) is 0 Å². The molecule has 100 valence electrons. The Hall–Kier alpha value is -1.02. The molecule has 0 amide bonds. The first-order chi connectivity index (χ1) is 9.24. The molecule has 1 aliphatic heterocycles. The lowest BCUT2D eigenvalue weighted by atomic mass is 10.3. The van der Waals surface area contributed by atoms with Gasteiger partial charge in [0.2, 0.25) is 0 Å². The predicted molar refractivity (Wildman–Crippen MR) is 82.5 cm³/mol. The average Bonchev–Trinajstić information content (AvgIpc) is 3.00. The molecule has 0 radical (unpaired) electrons. The summed E-state index contributed by atoms with van der Waals surface area (Å²) in [4.78, 5) is 4.33. The van der Waals surface area contributed by atoms with Gasteiger partial charge in [0.25, 0.3) is 0 Å². The molecule has 1 fully saturated rings. The van der Waals surface area contributed by atoms with Gasteiger partial charge >= 0.3 is 0 Å². The molecule has 1 saturated heterocycles. The maximum Gasteiger partial charge on any atom is 0.178 e. The van der Waals surface area contributed by atoms with Crippen molar-refractivity contribution >= 4 is 45.5 Å². The standard InChI is InChI=1S/C12H12ClIN4O/c13-10-6-9(12-16-7-11(14)18(12)17-10)15-4-3-8-2-1-5-19-8/h3,6-7,15H,1-2,4-5H2/b8-3-. The normalized spacial score (nSPS) is 17.1. The van der Waals surface area contributed by atoms with Crippen LogP contribution >= 0.6 is 34.2 Å². The van der Waals surface area contributed by atoms with E-state index >= 15 is 0 Å². The molecule has 1 N–H and O–H groups in total. The molecule has 0 unspecified atom stereocenters. The van der Waals surface area contributed by atoms with E-state index in [-0.39, 0.29) is 0 Å². The summed E-state index contributed by atoms with van der Waals surface area (Å²) in [5.41, 5.74) is 1.65. The van der Waals surface area contributed by atoms with E-state index in [0.29, 0.717) is 11.7 Å². The van der Waals surface area contributed by atoms with Crippen molar-refractivity contribution in [3.63, 3.8) is 0 Å². The Morgan fingerprint density at radius 1 is 1.58 bits per heavy atom. The highest BCUT2D eigenvalue weighted by atomic mass is 127. The largest absolute Gasteiger partial charge is 0.498 e. The van der Waals surface area contributed by atoms with E-state index in [1.807, 2.05) is 0 Å². The third-order valence-electron chi connectivity index (χ3n) is 2.87. The number of allylic oxidation sites excluding steroid dienone is 1. The summed E-state index contributed by atoms with van der Waals surface area (Å²) in [7, 11) is 0. The zero-order valence-electron chi connectivity index (χ0n) is 10.1. The number of halogens is 2. The van der Waals surface area contributed by atoms with Crippen LogP contribution in [0.3, 0.4) is 0 Å². The monoisotopic (exact) mass is 390 g/mol. The summed E-state index contributed by atoms with van der Waals surface area (Å²) in [6, 6.07) is 1.79. The van der Waals surface area contributed by atoms with Crippen LogP contribution in [0, 0.1) is 3.70 Å². The van der Waals surface area contributed by atoms with Gasteiger partial charge in [0.05, 0.1) is 24.3 Å². The Labute approximate surface area is 129 Å². The van der Waals surface area contributed by atoms with Crippen molar-refractivity contribution in [3.8, 4) is 0 Å². The van der Waals surface area contributed by atoms with E-state index in [0.717, 1.165) is 40.2 Å². The van der Waals surface area contributed by atoms with Gasteiger partial charge in [-0.2, -0.15) is 5.10 Å². The molecule has 3 rings (SSSR count). The van der Waals surface area contributed by atoms with Gasteiger partial charge in [0.1, 0.15) is 3.70 Å². The Balaban J connectivity index is 1.82. The Morgan fingerprint density at radius 2 is 2.47 bits per heavy atom. The number of fused-ring (bicyclic) bond motifs is 1. The third kappa shape index (κ3) is 2.79. The van der Waals surface area contributed by atoms with E-state index in [1.54, 1.807) is 16.8 Å². The second kappa shape index (κ2) is 5.54. The van der Waals surface area contributed by atoms with Gasteiger partial charge < -0.3 is 10.1 Å². The van der Waals surface area contributed by atoms with Gasteiger partial charge in [0, 0.05) is 19.0 Å². The molecule has 0 aliphatic carbocycles. The van der Waals surface area contributed by atoms with Gasteiger partial charge in [-0.25, -0.2) is 9.50 Å². The summed E-state index contributed by atoms with van der Waals surface area (Å²) in [6.45, 7) is 1.52. The van der Waals surface area contributed by atoms with E-state index in [2.05, 4.69) is 44.1 Å². The molecular weight excluding hydrogens is 379 g/mol. The zero-order valence-corrected chi connectivity index (χ0v) is 13.0. The smallest absolute Gasteiger partial charge is 0.178 e. The van der Waals surface area contributed by atoms with Gasteiger partial charge in [0.15, 0.2) is 10.8 Å². The van der Waals surface area contributed by atoms with Crippen LogP contribution in [-0.4, -0.2) is 27.7 Å². The fourth-order valence-electron chi connectivity index (χ4n) is 2.00. The number of hydrogen-bond acceptors (Lipinski definition) is 4. The molecule has 19 heavy (non-hydrogen) atoms. The van der Waals surface area contributed by atoms with Crippen molar-refractivity contribution in [2.75, 3.05) is 18.5 Å². The first-order valence-corrected chi connectivity index (χ1v) is 7.45. The number of anilines is 1. The van der Waals surface area contributed by atoms with E-state index in [1.165, 1.54) is 0 Å². The zero-order chi connectivity index (χ0) is 13.2. The molecule has 2 aromatic rings. The van der Waals surface area contributed by atoms with Crippen LogP contribution in [-0.2, 0) is 4.74 Å². The summed E-state index contributed by atoms with van der Waals surface area (Å²) in [5.74, 6) is 1.06. The second-order valence-electron chi connectivity index (χ2n) is 4.20. The highest BCUT2D eigenvalue weighted by Gasteiger charge is 2.10. The fourth-order valence-corrected chi connectivity index (χ4v) is 2.66. The van der Waals surface area contributed by atoms with Crippen molar-refractivity contribution in [3.05, 3.63) is 33.0 Å². The second-order valence-corrected chi connectivity index (χ2v) is 5.69. The lowest BCUT2D eigenvalue weighted by Crippen LogP contribution is -2.04. The molecule has 0 bridgehead atoms. The van der Waals surface area contributed by atoms with Crippen LogP contribution in [0.2, 0.25) is 5.15 Å². The molecule has 0 atom stereocenters. The molecule has 0 saturated carbocycles. The third-order valence-corrected chi connectivity index (χ3v) is 3.79. The fraction of sp³-hybridized carbons (Fsp3) is 0.333. The molecule has 5 nitrogen and oxygen atoms in total. The number of ether oxygens (including phenoxy) is 1. The van der Waals surface area contributed by atoms with Crippen LogP contribution in [0.4, 0.5) is 5.69 Å². The molecule has 1 aliphatic rings. The predicted octanol–water partition coefficient (Wildman–Crippen LogP) is 3.09. The average molecular weight is 391 g/mol. The van der Waals surface area contributed by atoms with E-state index in [4.69, 9.17) is 16.3 Å². The summed E-state index contributed by atoms with van der Waals surface area (Å²) in [5, 5.41) is 7.96. The number of nitrogens with zero attached hydrogens (tertiary/aromatic N) is 3. The van der Waals surface area contributed by atoms with Crippen LogP contribution in [0.15, 0.2) is 24.1 Å². The molecule has 0 aromatic carbocycles. The lowest BCUT2D eigenvalue weighted by molar-refractivity contribution is 0.262. The molecule has 0 spiro atoms. The Bertz CT molecular complexity index is 632. The van der Waals surface area contributed by atoms with Crippen LogP contribution < -0.4 is 5.32 Å². The van der Waals surface area contributed by atoms with E-state index < -0.39 is 0 Å². The first kappa shape index (κ1) is 13.0. The molecule has 2 aromatic heterocycles. The van der Waals surface area contributed by atoms with Crippen molar-refractivity contribution in [2.45, 2.75) is 12.8 Å². The summed E-state index contributed by atoms with van der Waals surface area (Å²) in [6.07, 6.45) is 5.96. The highest BCUT2D eigenvalue weighted by molar-refractivity contribution is 14.1. The summed E-state index contributed by atoms with van der Waals surface area (Å²) >= 11 is 8.19. The summed E-state index contributed by atoms with van der Waals surface area (Å²) < 4.78 is 8.12. The SMILES string of the molecule is Clc1cc(NC/C=C2/CCCO2)c2ncc(I)n2n1. The maximum atomic E-state index is 6.02.